The normalized spacial score (nSPS) is 46.6. The molecule has 4 atom stereocenters. The van der Waals surface area contributed by atoms with Gasteiger partial charge in [0.2, 0.25) is 0 Å². The molecule has 1 saturated heterocycles. The van der Waals surface area contributed by atoms with Crippen molar-refractivity contribution in [1.82, 2.24) is 0 Å². The summed E-state index contributed by atoms with van der Waals surface area (Å²) < 4.78 is 11.5. The molecule has 4 heteroatoms. The van der Waals surface area contributed by atoms with Crippen LogP contribution in [0.15, 0.2) is 0 Å². The van der Waals surface area contributed by atoms with Crippen LogP contribution in [0.4, 0.5) is 0 Å². The number of carbonyl (C=O) groups is 2. The number of fused-ring (bicyclic) bond motifs is 2. The Kier molecular flexibility index (Phi) is 2.26. The van der Waals surface area contributed by atoms with Crippen molar-refractivity contribution in [3.8, 4) is 0 Å². The topological polar surface area (TPSA) is 52.6 Å². The van der Waals surface area contributed by atoms with Crippen molar-refractivity contribution in [2.75, 3.05) is 13.2 Å². The van der Waals surface area contributed by atoms with Gasteiger partial charge in [-0.3, -0.25) is 4.79 Å². The van der Waals surface area contributed by atoms with E-state index in [1.54, 1.807) is 6.92 Å². The third kappa shape index (κ3) is 1.20. The summed E-state index contributed by atoms with van der Waals surface area (Å²) in [6, 6.07) is 0. The van der Waals surface area contributed by atoms with Gasteiger partial charge in [0.05, 0.1) is 13.2 Å². The fraction of sp³-hybridized carbons (Fsp3) is 0.846. The average molecular weight is 238 g/mol. The quantitative estimate of drug-likeness (QED) is 0.678. The number of ketones is 1. The van der Waals surface area contributed by atoms with Gasteiger partial charge in [-0.15, -0.1) is 0 Å². The van der Waals surface area contributed by atoms with Crippen molar-refractivity contribution < 1.29 is 19.1 Å². The van der Waals surface area contributed by atoms with E-state index in [4.69, 9.17) is 9.47 Å². The molecule has 3 rings (SSSR count). The standard InChI is InChI=1S/C13H18O4/c1-8(15)10-11-9(12(10,2)7-14)3-4-13(11)16-5-6-17-13/h7,9-11H,3-6H2,1-2H3/t9-,10-,11+,12+/m1/s1. The monoisotopic (exact) mass is 238 g/mol. The molecule has 1 heterocycles. The highest BCUT2D eigenvalue weighted by molar-refractivity contribution is 5.86. The largest absolute Gasteiger partial charge is 0.347 e. The molecule has 94 valence electrons. The van der Waals surface area contributed by atoms with Crippen molar-refractivity contribution in [3.63, 3.8) is 0 Å². The SMILES string of the molecule is CC(=O)[C@@H]1[C@@H]2[C@@H](CCC23OCCO3)[C@]1(C)C=O. The third-order valence-electron chi connectivity index (χ3n) is 5.04. The molecule has 2 saturated carbocycles. The van der Waals surface area contributed by atoms with E-state index in [2.05, 4.69) is 0 Å². The maximum Gasteiger partial charge on any atom is 0.172 e. The molecule has 0 aromatic carbocycles. The highest BCUT2D eigenvalue weighted by Gasteiger charge is 2.72. The van der Waals surface area contributed by atoms with Crippen LogP contribution in [0.2, 0.25) is 0 Å². The average Bonchev–Trinajstić information content (AvgIpc) is 2.85. The number of aldehydes is 1. The summed E-state index contributed by atoms with van der Waals surface area (Å²) in [6.07, 6.45) is 2.70. The van der Waals surface area contributed by atoms with Crippen molar-refractivity contribution in [2.24, 2.45) is 23.2 Å². The number of rotatable bonds is 2. The van der Waals surface area contributed by atoms with Gasteiger partial charge in [-0.2, -0.15) is 0 Å². The highest BCUT2D eigenvalue weighted by Crippen LogP contribution is 2.67. The highest BCUT2D eigenvalue weighted by atomic mass is 16.7. The van der Waals surface area contributed by atoms with Crippen LogP contribution in [0.5, 0.6) is 0 Å². The molecule has 3 fully saturated rings. The van der Waals surface area contributed by atoms with Gasteiger partial charge in [-0.05, 0) is 19.3 Å². The molecule has 0 amide bonds. The smallest absolute Gasteiger partial charge is 0.172 e. The summed E-state index contributed by atoms with van der Waals surface area (Å²) in [5.74, 6) is -0.389. The summed E-state index contributed by atoms with van der Waals surface area (Å²) in [7, 11) is 0. The summed E-state index contributed by atoms with van der Waals surface area (Å²) in [6.45, 7) is 4.68. The zero-order valence-corrected chi connectivity index (χ0v) is 10.3. The Labute approximate surface area is 101 Å². The molecular weight excluding hydrogens is 220 g/mol. The van der Waals surface area contributed by atoms with Gasteiger partial charge in [0.1, 0.15) is 12.1 Å². The first-order chi connectivity index (χ1) is 8.05. The molecule has 0 aromatic heterocycles. The van der Waals surface area contributed by atoms with Crippen LogP contribution in [-0.4, -0.2) is 31.1 Å². The van der Waals surface area contributed by atoms with E-state index in [9.17, 15) is 9.59 Å². The Morgan fingerprint density at radius 3 is 2.53 bits per heavy atom. The second kappa shape index (κ2) is 3.39. The van der Waals surface area contributed by atoms with Crippen molar-refractivity contribution in [3.05, 3.63) is 0 Å². The third-order valence-corrected chi connectivity index (χ3v) is 5.04. The van der Waals surface area contributed by atoms with E-state index in [0.717, 1.165) is 19.1 Å². The Bertz CT molecular complexity index is 372. The van der Waals surface area contributed by atoms with E-state index in [-0.39, 0.29) is 23.5 Å². The number of Topliss-reactive ketones (excluding diaryl/α,β-unsaturated/α-hetero) is 1. The Hall–Kier alpha value is -0.740. The lowest BCUT2D eigenvalue weighted by Gasteiger charge is -2.56. The first-order valence-corrected chi connectivity index (χ1v) is 6.30. The molecule has 1 aliphatic heterocycles. The lowest BCUT2D eigenvalue weighted by Crippen LogP contribution is -2.62. The number of hydrogen-bond donors (Lipinski definition) is 0. The molecule has 0 bridgehead atoms. The van der Waals surface area contributed by atoms with Crippen LogP contribution < -0.4 is 0 Å². The second-order valence-corrected chi connectivity index (χ2v) is 5.75. The summed E-state index contributed by atoms with van der Waals surface area (Å²) in [5, 5.41) is 0. The molecule has 0 radical (unpaired) electrons. The summed E-state index contributed by atoms with van der Waals surface area (Å²) in [5.41, 5.74) is -0.505. The van der Waals surface area contributed by atoms with Gasteiger partial charge >= 0.3 is 0 Å². The lowest BCUT2D eigenvalue weighted by molar-refractivity contribution is -0.243. The molecule has 0 unspecified atom stereocenters. The zero-order chi connectivity index (χ0) is 12.3. The minimum atomic E-state index is -0.566. The lowest BCUT2D eigenvalue weighted by atomic mass is 9.47. The van der Waals surface area contributed by atoms with Gasteiger partial charge in [-0.1, -0.05) is 6.92 Å². The van der Waals surface area contributed by atoms with Crippen LogP contribution >= 0.6 is 0 Å². The van der Waals surface area contributed by atoms with Crippen LogP contribution in [0.3, 0.4) is 0 Å². The van der Waals surface area contributed by atoms with Crippen LogP contribution in [0.1, 0.15) is 26.7 Å². The Morgan fingerprint density at radius 2 is 2.00 bits per heavy atom. The van der Waals surface area contributed by atoms with Gasteiger partial charge < -0.3 is 14.3 Å². The fourth-order valence-electron chi connectivity index (χ4n) is 4.35. The van der Waals surface area contributed by atoms with Crippen molar-refractivity contribution in [1.29, 1.82) is 0 Å². The molecule has 1 spiro atoms. The van der Waals surface area contributed by atoms with Crippen molar-refractivity contribution >= 4 is 12.1 Å². The molecule has 3 aliphatic rings. The van der Waals surface area contributed by atoms with E-state index in [1.807, 2.05) is 6.92 Å². The minimum Gasteiger partial charge on any atom is -0.347 e. The maximum atomic E-state index is 11.8. The van der Waals surface area contributed by atoms with Gasteiger partial charge in [0.25, 0.3) is 0 Å². The first-order valence-electron chi connectivity index (χ1n) is 6.30. The van der Waals surface area contributed by atoms with E-state index in [1.165, 1.54) is 0 Å². The van der Waals surface area contributed by atoms with Gasteiger partial charge in [0, 0.05) is 23.7 Å². The Balaban J connectivity index is 1.96. The van der Waals surface area contributed by atoms with Crippen LogP contribution in [0.25, 0.3) is 0 Å². The number of carbonyl (C=O) groups excluding carboxylic acids is 2. The van der Waals surface area contributed by atoms with Crippen molar-refractivity contribution in [2.45, 2.75) is 32.5 Å². The second-order valence-electron chi connectivity index (χ2n) is 5.75. The summed E-state index contributed by atoms with van der Waals surface area (Å²) >= 11 is 0. The zero-order valence-electron chi connectivity index (χ0n) is 10.3. The Morgan fingerprint density at radius 1 is 1.35 bits per heavy atom. The minimum absolute atomic E-state index is 0.0812. The molecule has 2 aliphatic carbocycles. The molecule has 4 nitrogen and oxygen atoms in total. The number of ether oxygens (including phenoxy) is 2. The van der Waals surface area contributed by atoms with Crippen LogP contribution in [0, 0.1) is 23.2 Å². The van der Waals surface area contributed by atoms with Gasteiger partial charge in [0.15, 0.2) is 5.79 Å². The predicted octanol–water partition coefficient (Wildman–Crippen LogP) is 1.18. The molecule has 17 heavy (non-hydrogen) atoms. The fourth-order valence-corrected chi connectivity index (χ4v) is 4.35. The predicted molar refractivity (Wildman–Crippen MR) is 59.2 cm³/mol. The maximum absolute atomic E-state index is 11.8. The van der Waals surface area contributed by atoms with Crippen LogP contribution in [-0.2, 0) is 19.1 Å². The van der Waals surface area contributed by atoms with E-state index in [0.29, 0.717) is 13.2 Å². The van der Waals surface area contributed by atoms with Gasteiger partial charge in [-0.25, -0.2) is 0 Å². The molecule has 0 N–H and O–H groups in total. The molecular formula is C13H18O4. The van der Waals surface area contributed by atoms with E-state index >= 15 is 0 Å². The first kappa shape index (κ1) is 11.4. The van der Waals surface area contributed by atoms with E-state index < -0.39 is 11.2 Å². The number of hydrogen-bond acceptors (Lipinski definition) is 4. The summed E-state index contributed by atoms with van der Waals surface area (Å²) in [4.78, 5) is 23.1. The molecule has 0 aromatic rings.